The van der Waals surface area contributed by atoms with Gasteiger partial charge in [-0.05, 0) is 6.92 Å². The summed E-state index contributed by atoms with van der Waals surface area (Å²) in [5, 5.41) is 0. The van der Waals surface area contributed by atoms with Crippen molar-refractivity contribution in [2.45, 2.75) is 6.92 Å². The second-order valence-electron chi connectivity index (χ2n) is 2.58. The average molecular weight is 149 g/mol. The number of primary amides is 1. The number of nitrogens with two attached hydrogens (primary N) is 1. The number of allylic oxidation sites excluding steroid dienone is 4. The molecule has 1 aliphatic rings. The van der Waals surface area contributed by atoms with E-state index in [1.165, 1.54) is 0 Å². The Hall–Kier alpha value is -1.31. The Kier molecular flexibility index (Phi) is 2.26. The highest BCUT2D eigenvalue weighted by atomic mass is 16.1. The minimum Gasteiger partial charge on any atom is -0.369 e. The summed E-state index contributed by atoms with van der Waals surface area (Å²) in [6, 6.07) is 0. The Morgan fingerprint density at radius 2 is 2.27 bits per heavy atom. The number of carbonyl (C=O) groups is 1. The van der Waals surface area contributed by atoms with Crippen molar-refractivity contribution in [1.82, 2.24) is 0 Å². The molecule has 0 spiro atoms. The third-order valence-corrected chi connectivity index (χ3v) is 1.57. The van der Waals surface area contributed by atoms with Gasteiger partial charge in [-0.2, -0.15) is 0 Å². The average Bonchev–Trinajstić information content (AvgIpc) is 2.13. The van der Waals surface area contributed by atoms with Gasteiger partial charge in [0.2, 0.25) is 5.91 Å². The van der Waals surface area contributed by atoms with Crippen molar-refractivity contribution in [2.24, 2.45) is 11.7 Å². The minimum absolute atomic E-state index is 0.247. The van der Waals surface area contributed by atoms with Gasteiger partial charge in [0.05, 0.1) is 5.92 Å². The standard InChI is InChI=1S/C9H11NO/c1-7-3-2-4-8(6-5-7)9(10)11/h2-6,8H,1H3,(H2,10,11). The van der Waals surface area contributed by atoms with Crippen LogP contribution in [-0.4, -0.2) is 5.91 Å². The van der Waals surface area contributed by atoms with E-state index < -0.39 is 0 Å². The van der Waals surface area contributed by atoms with Gasteiger partial charge in [-0.3, -0.25) is 4.79 Å². The maximum absolute atomic E-state index is 10.7. The molecule has 0 aromatic carbocycles. The van der Waals surface area contributed by atoms with Crippen LogP contribution in [0.15, 0.2) is 36.0 Å². The summed E-state index contributed by atoms with van der Waals surface area (Å²) in [5.74, 6) is -0.552. The van der Waals surface area contributed by atoms with Gasteiger partial charge < -0.3 is 5.73 Å². The lowest BCUT2D eigenvalue weighted by molar-refractivity contribution is -0.119. The molecule has 0 radical (unpaired) electrons. The summed E-state index contributed by atoms with van der Waals surface area (Å²) in [4.78, 5) is 10.7. The Morgan fingerprint density at radius 3 is 2.91 bits per heavy atom. The molecule has 1 rings (SSSR count). The lowest BCUT2D eigenvalue weighted by Gasteiger charge is -1.98. The first-order valence-electron chi connectivity index (χ1n) is 3.53. The van der Waals surface area contributed by atoms with Crippen molar-refractivity contribution in [1.29, 1.82) is 0 Å². The quantitative estimate of drug-likeness (QED) is 0.597. The lowest BCUT2D eigenvalue weighted by atomic mass is 10.1. The van der Waals surface area contributed by atoms with Crippen molar-refractivity contribution in [2.75, 3.05) is 0 Å². The molecule has 0 aromatic heterocycles. The number of amides is 1. The van der Waals surface area contributed by atoms with Crippen molar-refractivity contribution in [3.63, 3.8) is 0 Å². The molecule has 1 aliphatic carbocycles. The van der Waals surface area contributed by atoms with Crippen molar-refractivity contribution in [3.05, 3.63) is 36.0 Å². The molecule has 0 aliphatic heterocycles. The fraction of sp³-hybridized carbons (Fsp3) is 0.222. The van der Waals surface area contributed by atoms with Gasteiger partial charge in [-0.25, -0.2) is 0 Å². The Bertz CT molecular complexity index is 248. The largest absolute Gasteiger partial charge is 0.369 e. The molecule has 0 aromatic rings. The van der Waals surface area contributed by atoms with Crippen LogP contribution in [-0.2, 0) is 4.79 Å². The molecule has 2 nitrogen and oxygen atoms in total. The van der Waals surface area contributed by atoms with Crippen LogP contribution in [0.25, 0.3) is 0 Å². The monoisotopic (exact) mass is 149 g/mol. The molecule has 0 saturated carbocycles. The van der Waals surface area contributed by atoms with E-state index in [-0.39, 0.29) is 11.8 Å². The van der Waals surface area contributed by atoms with E-state index in [2.05, 4.69) is 0 Å². The number of carbonyl (C=O) groups excluding carboxylic acids is 1. The topological polar surface area (TPSA) is 43.1 Å². The van der Waals surface area contributed by atoms with Crippen LogP contribution < -0.4 is 5.73 Å². The van der Waals surface area contributed by atoms with Gasteiger partial charge >= 0.3 is 0 Å². The summed E-state index contributed by atoms with van der Waals surface area (Å²) >= 11 is 0. The van der Waals surface area contributed by atoms with Crippen LogP contribution in [0.3, 0.4) is 0 Å². The Balaban J connectivity index is 2.79. The first-order valence-corrected chi connectivity index (χ1v) is 3.53. The number of hydrogen-bond donors (Lipinski definition) is 1. The normalized spacial score (nSPS) is 22.6. The molecule has 58 valence electrons. The molecule has 11 heavy (non-hydrogen) atoms. The van der Waals surface area contributed by atoms with E-state index in [0.717, 1.165) is 5.57 Å². The molecule has 2 N–H and O–H groups in total. The van der Waals surface area contributed by atoms with Gasteiger partial charge in [-0.15, -0.1) is 0 Å². The predicted octanol–water partition coefficient (Wildman–Crippen LogP) is 1.16. The van der Waals surface area contributed by atoms with E-state index in [0.29, 0.717) is 0 Å². The van der Waals surface area contributed by atoms with Gasteiger partial charge in [-0.1, -0.05) is 36.0 Å². The lowest BCUT2D eigenvalue weighted by Crippen LogP contribution is -2.19. The summed E-state index contributed by atoms with van der Waals surface area (Å²) in [6.45, 7) is 1.98. The molecule has 2 heteroatoms. The highest BCUT2D eigenvalue weighted by Crippen LogP contribution is 2.08. The fourth-order valence-corrected chi connectivity index (χ4v) is 0.892. The second-order valence-corrected chi connectivity index (χ2v) is 2.58. The molecule has 0 heterocycles. The first kappa shape index (κ1) is 7.79. The molecular weight excluding hydrogens is 138 g/mol. The molecular formula is C9H11NO. The zero-order valence-electron chi connectivity index (χ0n) is 6.45. The fourth-order valence-electron chi connectivity index (χ4n) is 0.892. The zero-order valence-corrected chi connectivity index (χ0v) is 6.45. The molecule has 1 unspecified atom stereocenters. The summed E-state index contributed by atoms with van der Waals surface area (Å²) in [5.41, 5.74) is 6.25. The molecule has 0 saturated heterocycles. The zero-order chi connectivity index (χ0) is 8.27. The van der Waals surface area contributed by atoms with Crippen LogP contribution in [0.5, 0.6) is 0 Å². The van der Waals surface area contributed by atoms with Crippen LogP contribution >= 0.6 is 0 Å². The molecule has 1 atom stereocenters. The van der Waals surface area contributed by atoms with Crippen LogP contribution in [0.4, 0.5) is 0 Å². The summed E-state index contributed by atoms with van der Waals surface area (Å²) < 4.78 is 0. The van der Waals surface area contributed by atoms with Crippen molar-refractivity contribution >= 4 is 5.91 Å². The van der Waals surface area contributed by atoms with Crippen LogP contribution in [0.1, 0.15) is 6.92 Å². The smallest absolute Gasteiger partial charge is 0.228 e. The molecule has 1 amide bonds. The maximum atomic E-state index is 10.7. The van der Waals surface area contributed by atoms with Crippen molar-refractivity contribution in [3.8, 4) is 0 Å². The van der Waals surface area contributed by atoms with Crippen LogP contribution in [0, 0.1) is 5.92 Å². The van der Waals surface area contributed by atoms with Crippen LogP contribution in [0.2, 0.25) is 0 Å². The second kappa shape index (κ2) is 3.19. The summed E-state index contributed by atoms with van der Waals surface area (Å²) in [7, 11) is 0. The summed E-state index contributed by atoms with van der Waals surface area (Å²) in [6.07, 6.45) is 9.28. The number of hydrogen-bond acceptors (Lipinski definition) is 1. The van der Waals surface area contributed by atoms with Gasteiger partial charge in [0.1, 0.15) is 0 Å². The number of rotatable bonds is 1. The van der Waals surface area contributed by atoms with Gasteiger partial charge in [0, 0.05) is 0 Å². The van der Waals surface area contributed by atoms with E-state index in [9.17, 15) is 4.79 Å². The van der Waals surface area contributed by atoms with E-state index in [1.54, 1.807) is 12.2 Å². The third-order valence-electron chi connectivity index (χ3n) is 1.57. The minimum atomic E-state index is -0.305. The highest BCUT2D eigenvalue weighted by molar-refractivity contribution is 5.80. The highest BCUT2D eigenvalue weighted by Gasteiger charge is 2.07. The Labute approximate surface area is 66.1 Å². The first-order chi connectivity index (χ1) is 5.20. The maximum Gasteiger partial charge on any atom is 0.228 e. The predicted molar refractivity (Wildman–Crippen MR) is 44.7 cm³/mol. The SMILES string of the molecule is CC1=CC=CC(C(N)=O)C=C1. The van der Waals surface area contributed by atoms with Gasteiger partial charge in [0.15, 0.2) is 0 Å². The van der Waals surface area contributed by atoms with E-state index in [1.807, 2.05) is 25.2 Å². The van der Waals surface area contributed by atoms with E-state index >= 15 is 0 Å². The van der Waals surface area contributed by atoms with Gasteiger partial charge in [0.25, 0.3) is 0 Å². The van der Waals surface area contributed by atoms with Crippen molar-refractivity contribution < 1.29 is 4.79 Å². The third kappa shape index (κ3) is 2.08. The molecule has 0 fully saturated rings. The van der Waals surface area contributed by atoms with E-state index in [4.69, 9.17) is 5.73 Å². The Morgan fingerprint density at radius 1 is 1.55 bits per heavy atom. The molecule has 0 bridgehead atoms.